The van der Waals surface area contributed by atoms with Crippen LogP contribution in [0.4, 0.5) is 0 Å². The molecule has 5 heteroatoms. The molecule has 0 N–H and O–H groups in total. The highest BCUT2D eigenvalue weighted by Gasteiger charge is 2.14. The molecular weight excluding hydrogens is 386 g/mol. The van der Waals surface area contributed by atoms with Crippen molar-refractivity contribution in [2.24, 2.45) is 0 Å². The first-order valence-corrected chi connectivity index (χ1v) is 10.4. The topological polar surface area (TPSA) is 71.8 Å². The fourth-order valence-electron chi connectivity index (χ4n) is 3.68. The van der Waals surface area contributed by atoms with Gasteiger partial charge in [-0.15, -0.1) is 0 Å². The fraction of sp³-hybridized carbons (Fsp3) is 0.192. The van der Waals surface area contributed by atoms with E-state index in [1.807, 2.05) is 48.5 Å². The summed E-state index contributed by atoms with van der Waals surface area (Å²) in [5.74, 6) is 0. The van der Waals surface area contributed by atoms with Gasteiger partial charge < -0.3 is 4.42 Å². The number of aryl methyl sites for hydroxylation is 1. The van der Waals surface area contributed by atoms with Crippen molar-refractivity contribution in [2.75, 3.05) is 0 Å². The van der Waals surface area contributed by atoms with Gasteiger partial charge in [-0.3, -0.25) is 9.36 Å². The van der Waals surface area contributed by atoms with Crippen molar-refractivity contribution in [3.63, 3.8) is 0 Å². The van der Waals surface area contributed by atoms with E-state index >= 15 is 0 Å². The third-order valence-corrected chi connectivity index (χ3v) is 5.40. The fourth-order valence-corrected chi connectivity index (χ4v) is 3.68. The predicted octanol–water partition coefficient (Wildman–Crippen LogP) is 5.30. The van der Waals surface area contributed by atoms with Crippen molar-refractivity contribution in [3.8, 4) is 22.9 Å². The Labute approximate surface area is 181 Å². The van der Waals surface area contributed by atoms with Crippen LogP contribution < -0.4 is 5.56 Å². The van der Waals surface area contributed by atoms with E-state index in [4.69, 9.17) is 4.42 Å². The minimum absolute atomic E-state index is 0.0681. The Morgan fingerprint density at radius 2 is 1.90 bits per heavy atom. The maximum Gasteiger partial charge on any atom is 0.261 e. The molecule has 0 fully saturated rings. The highest BCUT2D eigenvalue weighted by molar-refractivity contribution is 5.70. The van der Waals surface area contributed by atoms with Gasteiger partial charge in [0.15, 0.2) is 0 Å². The number of furan rings is 1. The molecule has 2 aromatic heterocycles. The van der Waals surface area contributed by atoms with Crippen LogP contribution in [-0.4, -0.2) is 9.55 Å². The van der Waals surface area contributed by atoms with E-state index in [0.717, 1.165) is 41.6 Å². The van der Waals surface area contributed by atoms with Gasteiger partial charge in [0.25, 0.3) is 5.56 Å². The molecule has 2 heterocycles. The van der Waals surface area contributed by atoms with Gasteiger partial charge in [-0.05, 0) is 35.6 Å². The summed E-state index contributed by atoms with van der Waals surface area (Å²) in [6.07, 6.45) is 7.98. The zero-order valence-corrected chi connectivity index (χ0v) is 17.4. The molecule has 0 amide bonds. The summed E-state index contributed by atoms with van der Waals surface area (Å²) in [6.45, 7) is 2.13. The summed E-state index contributed by atoms with van der Waals surface area (Å²) in [4.78, 5) is 17.9. The second-order valence-corrected chi connectivity index (χ2v) is 7.46. The zero-order valence-electron chi connectivity index (χ0n) is 17.4. The van der Waals surface area contributed by atoms with Crippen LogP contribution in [0, 0.1) is 11.3 Å². The summed E-state index contributed by atoms with van der Waals surface area (Å²) >= 11 is 0. The number of nitrogens with zero attached hydrogens (tertiary/aromatic N) is 3. The van der Waals surface area contributed by atoms with Gasteiger partial charge in [0.2, 0.25) is 0 Å². The Morgan fingerprint density at radius 1 is 1.10 bits per heavy atom. The number of hydrogen-bond acceptors (Lipinski definition) is 4. The Kier molecular flexibility index (Phi) is 6.09. The van der Waals surface area contributed by atoms with Crippen LogP contribution in [0.5, 0.6) is 0 Å². The monoisotopic (exact) mass is 409 g/mol. The van der Waals surface area contributed by atoms with Gasteiger partial charge >= 0.3 is 0 Å². The van der Waals surface area contributed by atoms with E-state index in [1.54, 1.807) is 24.9 Å². The number of hydrogen-bond donors (Lipinski definition) is 0. The quantitative estimate of drug-likeness (QED) is 0.415. The normalized spacial score (nSPS) is 10.7. The standard InChI is InChI=1S/C26H23N3O2/c1-2-3-8-25-24(26(30)29(18-28-25)22-13-14-31-17-22)15-19-9-11-20(12-10-19)23-7-5-4-6-21(23)16-27/h4-7,9-14,17-18H,2-3,8,15H2,1H3. The second-order valence-electron chi connectivity index (χ2n) is 7.46. The molecule has 0 unspecified atom stereocenters. The molecule has 5 nitrogen and oxygen atoms in total. The average Bonchev–Trinajstić information content (AvgIpc) is 3.34. The molecule has 0 radical (unpaired) electrons. The molecule has 31 heavy (non-hydrogen) atoms. The van der Waals surface area contributed by atoms with Crippen LogP contribution >= 0.6 is 0 Å². The minimum atomic E-state index is -0.0681. The molecule has 0 saturated heterocycles. The lowest BCUT2D eigenvalue weighted by Crippen LogP contribution is -2.25. The van der Waals surface area contributed by atoms with Crippen molar-refractivity contribution in [2.45, 2.75) is 32.6 Å². The van der Waals surface area contributed by atoms with E-state index in [1.165, 1.54) is 4.57 Å². The molecule has 0 aliphatic carbocycles. The van der Waals surface area contributed by atoms with Crippen LogP contribution in [0.1, 0.15) is 42.1 Å². The molecular formula is C26H23N3O2. The zero-order chi connectivity index (χ0) is 21.6. The molecule has 0 aliphatic rings. The highest BCUT2D eigenvalue weighted by Crippen LogP contribution is 2.24. The lowest BCUT2D eigenvalue weighted by Gasteiger charge is -2.12. The summed E-state index contributed by atoms with van der Waals surface area (Å²) in [5, 5.41) is 9.36. The maximum atomic E-state index is 13.3. The maximum absolute atomic E-state index is 13.3. The Morgan fingerprint density at radius 3 is 2.61 bits per heavy atom. The Hall–Kier alpha value is -3.91. The molecule has 0 atom stereocenters. The molecule has 0 spiro atoms. The van der Waals surface area contributed by atoms with Crippen LogP contribution in [-0.2, 0) is 12.8 Å². The molecule has 4 aromatic rings. The van der Waals surface area contributed by atoms with Gasteiger partial charge in [-0.25, -0.2) is 4.98 Å². The lowest BCUT2D eigenvalue weighted by molar-refractivity contribution is 0.565. The molecule has 0 aliphatic heterocycles. The molecule has 154 valence electrons. The SMILES string of the molecule is CCCCc1ncn(-c2ccoc2)c(=O)c1Cc1ccc(-c2ccccc2C#N)cc1. The molecule has 2 aromatic carbocycles. The summed E-state index contributed by atoms with van der Waals surface area (Å²) in [6, 6.07) is 19.6. The number of aromatic nitrogens is 2. The summed E-state index contributed by atoms with van der Waals surface area (Å²) in [5.41, 5.74) is 5.73. The third kappa shape index (κ3) is 4.34. The number of benzene rings is 2. The first-order valence-electron chi connectivity index (χ1n) is 10.4. The van der Waals surface area contributed by atoms with Crippen LogP contribution in [0.25, 0.3) is 16.8 Å². The molecule has 0 bridgehead atoms. The smallest absolute Gasteiger partial charge is 0.261 e. The van der Waals surface area contributed by atoms with Gasteiger partial charge in [-0.1, -0.05) is 55.8 Å². The van der Waals surface area contributed by atoms with Gasteiger partial charge in [-0.2, -0.15) is 5.26 Å². The first kappa shape index (κ1) is 20.4. The van der Waals surface area contributed by atoms with E-state index in [0.29, 0.717) is 23.2 Å². The Balaban J connectivity index is 1.69. The molecule has 4 rings (SSSR count). The number of rotatable bonds is 7. The summed E-state index contributed by atoms with van der Waals surface area (Å²) in [7, 11) is 0. The lowest BCUT2D eigenvalue weighted by atomic mass is 9.97. The third-order valence-electron chi connectivity index (χ3n) is 5.40. The molecule has 0 saturated carbocycles. The average molecular weight is 409 g/mol. The van der Waals surface area contributed by atoms with Gasteiger partial charge in [0.1, 0.15) is 12.6 Å². The number of nitriles is 1. The van der Waals surface area contributed by atoms with Gasteiger partial charge in [0, 0.05) is 18.1 Å². The van der Waals surface area contributed by atoms with Crippen LogP contribution in [0.2, 0.25) is 0 Å². The van der Waals surface area contributed by atoms with Crippen molar-refractivity contribution in [1.29, 1.82) is 5.26 Å². The second kappa shape index (κ2) is 9.27. The summed E-state index contributed by atoms with van der Waals surface area (Å²) < 4.78 is 6.67. The van der Waals surface area contributed by atoms with E-state index < -0.39 is 0 Å². The van der Waals surface area contributed by atoms with Crippen molar-refractivity contribution < 1.29 is 4.42 Å². The predicted molar refractivity (Wildman–Crippen MR) is 120 cm³/mol. The van der Waals surface area contributed by atoms with Crippen LogP contribution in [0.3, 0.4) is 0 Å². The van der Waals surface area contributed by atoms with Crippen molar-refractivity contribution in [3.05, 3.63) is 106 Å². The van der Waals surface area contributed by atoms with E-state index in [2.05, 4.69) is 18.0 Å². The highest BCUT2D eigenvalue weighted by atomic mass is 16.3. The number of unbranched alkanes of at least 4 members (excludes halogenated alkanes) is 1. The van der Waals surface area contributed by atoms with E-state index in [9.17, 15) is 10.1 Å². The van der Waals surface area contributed by atoms with Crippen molar-refractivity contribution in [1.82, 2.24) is 9.55 Å². The Bertz CT molecular complexity index is 1260. The van der Waals surface area contributed by atoms with E-state index in [-0.39, 0.29) is 5.56 Å². The van der Waals surface area contributed by atoms with Crippen molar-refractivity contribution >= 4 is 0 Å². The van der Waals surface area contributed by atoms with Crippen LogP contribution in [0.15, 0.2) is 82.7 Å². The van der Waals surface area contributed by atoms with Gasteiger partial charge in [0.05, 0.1) is 29.3 Å². The largest absolute Gasteiger partial charge is 0.470 e. The first-order chi connectivity index (χ1) is 15.2. The minimum Gasteiger partial charge on any atom is -0.470 e.